The number of nitro groups is 1. The van der Waals surface area contributed by atoms with E-state index in [4.69, 9.17) is 0 Å². The van der Waals surface area contributed by atoms with Gasteiger partial charge in [0.05, 0.1) is 4.92 Å². The van der Waals surface area contributed by atoms with Crippen LogP contribution in [0, 0.1) is 16.0 Å². The summed E-state index contributed by atoms with van der Waals surface area (Å²) >= 11 is 0. The van der Waals surface area contributed by atoms with Crippen molar-refractivity contribution in [1.82, 2.24) is 15.3 Å². The maximum absolute atomic E-state index is 12.0. The second-order valence-electron chi connectivity index (χ2n) is 6.42. The Balaban J connectivity index is 1.46. The van der Waals surface area contributed by atoms with E-state index < -0.39 is 16.7 Å². The normalized spacial score (nSPS) is 14.4. The molecule has 2 N–H and O–H groups in total. The highest BCUT2D eigenvalue weighted by molar-refractivity contribution is 6.39. The Bertz CT molecular complexity index is 852. The summed E-state index contributed by atoms with van der Waals surface area (Å²) in [4.78, 5) is 45.0. The first-order chi connectivity index (χ1) is 13.5. The van der Waals surface area contributed by atoms with Crippen molar-refractivity contribution in [3.05, 3.63) is 52.8 Å². The zero-order chi connectivity index (χ0) is 19.9. The molecule has 0 saturated carbocycles. The minimum Gasteiger partial charge on any atom is -0.348 e. The molecule has 3 rings (SSSR count). The van der Waals surface area contributed by atoms with Gasteiger partial charge in [-0.2, -0.15) is 0 Å². The lowest BCUT2D eigenvalue weighted by molar-refractivity contribution is -0.383. The number of rotatable bonds is 5. The molecular weight excluding hydrogens is 364 g/mol. The molecule has 0 aliphatic carbocycles. The first kappa shape index (κ1) is 19.2. The van der Waals surface area contributed by atoms with Crippen molar-refractivity contribution in [2.24, 2.45) is 5.92 Å². The maximum Gasteiger partial charge on any atom is 0.313 e. The van der Waals surface area contributed by atoms with Crippen LogP contribution < -0.4 is 15.5 Å². The van der Waals surface area contributed by atoms with E-state index in [0.29, 0.717) is 12.5 Å². The average Bonchev–Trinajstić information content (AvgIpc) is 2.73. The summed E-state index contributed by atoms with van der Waals surface area (Å²) in [5.41, 5.74) is -0.275. The molecule has 0 spiro atoms. The van der Waals surface area contributed by atoms with E-state index in [9.17, 15) is 19.7 Å². The van der Waals surface area contributed by atoms with Gasteiger partial charge in [-0.15, -0.1) is 0 Å². The van der Waals surface area contributed by atoms with Crippen molar-refractivity contribution in [3.8, 4) is 0 Å². The number of para-hydroxylation sites is 2. The Morgan fingerprint density at radius 1 is 1.11 bits per heavy atom. The highest BCUT2D eigenvalue weighted by atomic mass is 16.6. The summed E-state index contributed by atoms with van der Waals surface area (Å²) in [5.74, 6) is -0.812. The fourth-order valence-electron chi connectivity index (χ4n) is 3.03. The van der Waals surface area contributed by atoms with E-state index in [0.717, 1.165) is 25.9 Å². The molecule has 1 saturated heterocycles. The summed E-state index contributed by atoms with van der Waals surface area (Å²) < 4.78 is 0. The predicted octanol–water partition coefficient (Wildman–Crippen LogP) is 1.36. The third-order valence-corrected chi connectivity index (χ3v) is 4.56. The monoisotopic (exact) mass is 384 g/mol. The molecule has 1 fully saturated rings. The Labute approximate surface area is 161 Å². The Kier molecular flexibility index (Phi) is 6.10. The van der Waals surface area contributed by atoms with Gasteiger partial charge in [0.1, 0.15) is 5.69 Å². The van der Waals surface area contributed by atoms with Crippen LogP contribution in [0.3, 0.4) is 0 Å². The number of nitro benzene ring substituents is 1. The molecule has 1 aromatic heterocycles. The molecule has 2 amide bonds. The number of piperidine rings is 1. The standard InChI is InChI=1S/C18H20N6O4/c25-16(17(26)22-14-4-1-2-5-15(14)24(27)28)21-12-13-6-10-23(11-7-13)18-19-8-3-9-20-18/h1-5,8-9,13H,6-7,10-12H2,(H,21,25)(H,22,26). The molecule has 0 unspecified atom stereocenters. The lowest BCUT2D eigenvalue weighted by atomic mass is 9.97. The van der Waals surface area contributed by atoms with Crippen molar-refractivity contribution >= 4 is 29.1 Å². The molecule has 0 atom stereocenters. The number of hydrogen-bond donors (Lipinski definition) is 2. The molecule has 146 valence electrons. The smallest absolute Gasteiger partial charge is 0.313 e. The van der Waals surface area contributed by atoms with Crippen molar-refractivity contribution in [3.63, 3.8) is 0 Å². The molecule has 1 aromatic carbocycles. The average molecular weight is 384 g/mol. The molecule has 10 heteroatoms. The van der Waals surface area contributed by atoms with Crippen molar-refractivity contribution in [2.45, 2.75) is 12.8 Å². The number of nitrogens with zero attached hydrogens (tertiary/aromatic N) is 4. The first-order valence-corrected chi connectivity index (χ1v) is 8.89. The second-order valence-corrected chi connectivity index (χ2v) is 6.42. The number of carbonyl (C=O) groups is 2. The minimum atomic E-state index is -0.926. The molecule has 28 heavy (non-hydrogen) atoms. The minimum absolute atomic E-state index is 0.0104. The van der Waals surface area contributed by atoms with Gasteiger partial charge in [-0.25, -0.2) is 9.97 Å². The van der Waals surface area contributed by atoms with Crippen LogP contribution in [0.5, 0.6) is 0 Å². The quantitative estimate of drug-likeness (QED) is 0.452. The molecule has 2 aromatic rings. The Hall–Kier alpha value is -3.56. The van der Waals surface area contributed by atoms with Gasteiger partial charge in [0.15, 0.2) is 0 Å². The molecule has 1 aliphatic rings. The molecule has 2 heterocycles. The van der Waals surface area contributed by atoms with E-state index in [-0.39, 0.29) is 17.3 Å². The topological polar surface area (TPSA) is 130 Å². The highest BCUT2D eigenvalue weighted by Crippen LogP contribution is 2.23. The summed E-state index contributed by atoms with van der Waals surface area (Å²) in [7, 11) is 0. The summed E-state index contributed by atoms with van der Waals surface area (Å²) in [6, 6.07) is 7.44. The van der Waals surface area contributed by atoms with E-state index in [1.165, 1.54) is 18.2 Å². The van der Waals surface area contributed by atoms with Gasteiger partial charge < -0.3 is 15.5 Å². The van der Waals surface area contributed by atoms with Gasteiger partial charge in [-0.3, -0.25) is 19.7 Å². The Morgan fingerprint density at radius 2 is 1.79 bits per heavy atom. The van der Waals surface area contributed by atoms with Crippen LogP contribution in [0.1, 0.15) is 12.8 Å². The molecule has 0 bridgehead atoms. The lowest BCUT2D eigenvalue weighted by Crippen LogP contribution is -2.42. The second kappa shape index (κ2) is 8.89. The fourth-order valence-corrected chi connectivity index (χ4v) is 3.03. The van der Waals surface area contributed by atoms with Gasteiger partial charge in [0.2, 0.25) is 5.95 Å². The maximum atomic E-state index is 12.0. The number of carbonyl (C=O) groups excluding carboxylic acids is 2. The molecule has 0 radical (unpaired) electrons. The predicted molar refractivity (Wildman–Crippen MR) is 102 cm³/mol. The summed E-state index contributed by atoms with van der Waals surface area (Å²) in [5, 5.41) is 15.9. The van der Waals surface area contributed by atoms with Crippen molar-refractivity contribution < 1.29 is 14.5 Å². The third kappa shape index (κ3) is 4.78. The number of amides is 2. The van der Waals surface area contributed by atoms with Gasteiger partial charge in [0.25, 0.3) is 5.69 Å². The summed E-state index contributed by atoms with van der Waals surface area (Å²) in [6.45, 7) is 1.91. The molecule has 10 nitrogen and oxygen atoms in total. The highest BCUT2D eigenvalue weighted by Gasteiger charge is 2.23. The van der Waals surface area contributed by atoms with Crippen LogP contribution in [-0.2, 0) is 9.59 Å². The van der Waals surface area contributed by atoms with Crippen LogP contribution in [-0.4, -0.2) is 46.3 Å². The number of aromatic nitrogens is 2. The van der Waals surface area contributed by atoms with E-state index in [1.54, 1.807) is 24.5 Å². The fraction of sp³-hybridized carbons (Fsp3) is 0.333. The number of anilines is 2. The summed E-state index contributed by atoms with van der Waals surface area (Å²) in [6.07, 6.45) is 5.07. The number of hydrogen-bond acceptors (Lipinski definition) is 7. The Morgan fingerprint density at radius 3 is 2.46 bits per heavy atom. The zero-order valence-corrected chi connectivity index (χ0v) is 15.1. The van der Waals surface area contributed by atoms with E-state index in [2.05, 4.69) is 25.5 Å². The van der Waals surface area contributed by atoms with Crippen LogP contribution in [0.2, 0.25) is 0 Å². The van der Waals surface area contributed by atoms with Gasteiger partial charge in [-0.05, 0) is 30.9 Å². The van der Waals surface area contributed by atoms with Crippen LogP contribution in [0.25, 0.3) is 0 Å². The van der Waals surface area contributed by atoms with E-state index in [1.807, 2.05) is 0 Å². The number of nitrogens with one attached hydrogen (secondary N) is 2. The van der Waals surface area contributed by atoms with Gasteiger partial charge in [0, 0.05) is 38.1 Å². The van der Waals surface area contributed by atoms with Crippen LogP contribution >= 0.6 is 0 Å². The van der Waals surface area contributed by atoms with Gasteiger partial charge in [-0.1, -0.05) is 12.1 Å². The molecular formula is C18H20N6O4. The number of benzene rings is 1. The largest absolute Gasteiger partial charge is 0.348 e. The van der Waals surface area contributed by atoms with Crippen molar-refractivity contribution in [1.29, 1.82) is 0 Å². The van der Waals surface area contributed by atoms with Crippen LogP contribution in [0.4, 0.5) is 17.3 Å². The van der Waals surface area contributed by atoms with Gasteiger partial charge >= 0.3 is 11.8 Å². The third-order valence-electron chi connectivity index (χ3n) is 4.56. The van der Waals surface area contributed by atoms with E-state index >= 15 is 0 Å². The first-order valence-electron chi connectivity index (χ1n) is 8.89. The van der Waals surface area contributed by atoms with Crippen LogP contribution in [0.15, 0.2) is 42.7 Å². The molecule has 1 aliphatic heterocycles. The lowest BCUT2D eigenvalue weighted by Gasteiger charge is -2.31. The van der Waals surface area contributed by atoms with Crippen molar-refractivity contribution in [2.75, 3.05) is 29.9 Å². The zero-order valence-electron chi connectivity index (χ0n) is 15.1. The SMILES string of the molecule is O=C(NCC1CCN(c2ncccn2)CC1)C(=O)Nc1ccccc1[N+](=O)[O-].